The van der Waals surface area contributed by atoms with E-state index in [-0.39, 0.29) is 29.1 Å². The molecule has 8 nitrogen and oxygen atoms in total. The maximum absolute atomic E-state index is 13.4. The summed E-state index contributed by atoms with van der Waals surface area (Å²) in [5.74, 6) is -0.992. The zero-order valence-electron chi connectivity index (χ0n) is 30.2. The highest BCUT2D eigenvalue weighted by atomic mass is 28.4. The summed E-state index contributed by atoms with van der Waals surface area (Å²) in [6.07, 6.45) is 10.0. The number of esters is 1. The van der Waals surface area contributed by atoms with Gasteiger partial charge in [0, 0.05) is 19.2 Å². The van der Waals surface area contributed by atoms with Crippen LogP contribution >= 0.6 is 0 Å². The molecule has 0 fully saturated rings. The maximum Gasteiger partial charge on any atom is 0.393 e. The van der Waals surface area contributed by atoms with E-state index in [4.69, 9.17) is 8.85 Å². The standard InChI is InChI=1S/C34H64N2O6Si2/c1-24(2)43(25(3)4,26(5)6)41-31(23-36-34(39)42-44(27(7)8,28(9)10)29(11)12)30(13)33(38)35-22-20-18-16-15-17-19-21-32(37)40-14/h15-19,21,24-31H,20,22-23H2,1-14H3,(H,35,38)(H,36,39)/b17-15+,18-16+,21-19+/t30-,31-/m0/s1. The second-order valence-electron chi connectivity index (χ2n) is 13.6. The first-order chi connectivity index (χ1) is 20.4. The lowest BCUT2D eigenvalue weighted by Gasteiger charge is -2.45. The van der Waals surface area contributed by atoms with Gasteiger partial charge in [-0.05, 0) is 39.7 Å². The van der Waals surface area contributed by atoms with Crippen molar-refractivity contribution in [3.63, 3.8) is 0 Å². The van der Waals surface area contributed by atoms with Crippen LogP contribution in [0.3, 0.4) is 0 Å². The summed E-state index contributed by atoms with van der Waals surface area (Å²) >= 11 is 0. The topological polar surface area (TPSA) is 103 Å². The van der Waals surface area contributed by atoms with Crippen molar-refractivity contribution in [2.75, 3.05) is 20.2 Å². The smallest absolute Gasteiger partial charge is 0.393 e. The molecule has 0 aromatic heterocycles. The Kier molecular flexibility index (Phi) is 19.1. The molecule has 0 heterocycles. The molecule has 0 aliphatic heterocycles. The first kappa shape index (κ1) is 41.8. The molecule has 0 saturated heterocycles. The summed E-state index contributed by atoms with van der Waals surface area (Å²) in [6.45, 7) is 28.8. The van der Waals surface area contributed by atoms with Gasteiger partial charge >= 0.3 is 12.1 Å². The van der Waals surface area contributed by atoms with E-state index in [1.54, 1.807) is 12.2 Å². The fraction of sp³-hybridized carbons (Fsp3) is 0.735. The largest absolute Gasteiger partial charge is 0.503 e. The number of carbonyl (C=O) groups excluding carboxylic acids is 3. The predicted molar refractivity (Wildman–Crippen MR) is 188 cm³/mol. The lowest BCUT2D eigenvalue weighted by molar-refractivity contribution is -0.134. The molecule has 254 valence electrons. The van der Waals surface area contributed by atoms with Crippen molar-refractivity contribution in [1.29, 1.82) is 0 Å². The highest BCUT2D eigenvalue weighted by Gasteiger charge is 2.49. The summed E-state index contributed by atoms with van der Waals surface area (Å²) in [5.41, 5.74) is 1.80. The van der Waals surface area contributed by atoms with Crippen LogP contribution < -0.4 is 10.6 Å². The van der Waals surface area contributed by atoms with E-state index in [2.05, 4.69) is 98.5 Å². The van der Waals surface area contributed by atoms with Gasteiger partial charge in [0.05, 0.1) is 19.1 Å². The number of hydrogen-bond donors (Lipinski definition) is 2. The van der Waals surface area contributed by atoms with Crippen LogP contribution in [0.1, 0.15) is 96.4 Å². The van der Waals surface area contributed by atoms with Crippen LogP contribution in [0.25, 0.3) is 0 Å². The van der Waals surface area contributed by atoms with Gasteiger partial charge in [0.25, 0.3) is 8.32 Å². The molecule has 2 N–H and O–H groups in total. The molecular weight excluding hydrogens is 589 g/mol. The quantitative estimate of drug-likeness (QED) is 0.0477. The molecule has 0 rings (SSSR count). The number of methoxy groups -OCH3 is 1. The van der Waals surface area contributed by atoms with Crippen molar-refractivity contribution in [3.05, 3.63) is 36.5 Å². The minimum Gasteiger partial charge on any atom is -0.503 e. The van der Waals surface area contributed by atoms with Crippen LogP contribution in [0.2, 0.25) is 33.2 Å². The molecule has 0 aliphatic carbocycles. The predicted octanol–water partition coefficient (Wildman–Crippen LogP) is 8.43. The Morgan fingerprint density at radius 1 is 0.659 bits per heavy atom. The van der Waals surface area contributed by atoms with E-state index in [9.17, 15) is 14.4 Å². The van der Waals surface area contributed by atoms with E-state index in [0.717, 1.165) is 0 Å². The highest BCUT2D eigenvalue weighted by Crippen LogP contribution is 2.44. The average molecular weight is 653 g/mol. The molecule has 0 aromatic carbocycles. The van der Waals surface area contributed by atoms with Crippen LogP contribution in [0.4, 0.5) is 4.79 Å². The Labute approximate surface area is 271 Å². The van der Waals surface area contributed by atoms with Crippen LogP contribution in [0.5, 0.6) is 0 Å². The summed E-state index contributed by atoms with van der Waals surface area (Å²) in [4.78, 5) is 37.8. The molecule has 0 aromatic rings. The van der Waals surface area contributed by atoms with Crippen LogP contribution in [0.15, 0.2) is 36.5 Å². The first-order valence-electron chi connectivity index (χ1n) is 16.4. The average Bonchev–Trinajstić information content (AvgIpc) is 2.93. The van der Waals surface area contributed by atoms with E-state index in [1.807, 2.05) is 25.2 Å². The second kappa shape index (κ2) is 20.1. The lowest BCUT2D eigenvalue weighted by Crippen LogP contribution is -2.56. The van der Waals surface area contributed by atoms with Crippen molar-refractivity contribution in [1.82, 2.24) is 10.6 Å². The summed E-state index contributed by atoms with van der Waals surface area (Å²) < 4.78 is 18.0. The Morgan fingerprint density at radius 3 is 1.59 bits per heavy atom. The Bertz CT molecular complexity index is 929. The molecular formula is C34H64N2O6Si2. The highest BCUT2D eigenvalue weighted by molar-refractivity contribution is 6.79. The van der Waals surface area contributed by atoms with Crippen LogP contribution in [-0.4, -0.2) is 60.9 Å². The Hall–Kier alpha value is -2.18. The van der Waals surface area contributed by atoms with E-state index >= 15 is 0 Å². The molecule has 0 saturated carbocycles. The SMILES string of the molecule is COC(=O)/C=C/C=C/C=C/CCNC(=O)[C@@H](C)[C@H](CNC(=O)O[Si](C(C)C)(C(C)C)C(C)C)O[Si](C(C)C)(C(C)C)C(C)C. The minimum atomic E-state index is -2.41. The van der Waals surface area contributed by atoms with Gasteiger partial charge < -0.3 is 24.2 Å². The summed E-state index contributed by atoms with van der Waals surface area (Å²) in [6, 6.07) is 0. The van der Waals surface area contributed by atoms with Gasteiger partial charge in [-0.1, -0.05) is 120 Å². The summed E-state index contributed by atoms with van der Waals surface area (Å²) in [5, 5.41) is 6.07. The molecule has 10 heteroatoms. The van der Waals surface area contributed by atoms with Gasteiger partial charge in [-0.15, -0.1) is 0 Å². The number of allylic oxidation sites excluding steroid dienone is 4. The van der Waals surface area contributed by atoms with Crippen molar-refractivity contribution in [2.45, 2.75) is 136 Å². The molecule has 0 bridgehead atoms. The summed E-state index contributed by atoms with van der Waals surface area (Å²) in [7, 11) is -3.44. The van der Waals surface area contributed by atoms with E-state index in [1.165, 1.54) is 13.2 Å². The van der Waals surface area contributed by atoms with Gasteiger partial charge in [-0.25, -0.2) is 9.59 Å². The molecule has 44 heavy (non-hydrogen) atoms. The Balaban J connectivity index is 5.81. The number of amides is 2. The van der Waals surface area contributed by atoms with Gasteiger partial charge in [0.15, 0.2) is 0 Å². The number of carbonyl (C=O) groups is 3. The third kappa shape index (κ3) is 12.0. The monoisotopic (exact) mass is 652 g/mol. The fourth-order valence-corrected chi connectivity index (χ4v) is 17.6. The zero-order valence-corrected chi connectivity index (χ0v) is 32.2. The third-order valence-electron chi connectivity index (χ3n) is 8.97. The third-order valence-corrected chi connectivity index (χ3v) is 21.0. The van der Waals surface area contributed by atoms with Crippen LogP contribution in [-0.2, 0) is 23.2 Å². The van der Waals surface area contributed by atoms with E-state index < -0.39 is 40.7 Å². The van der Waals surface area contributed by atoms with E-state index in [0.29, 0.717) is 29.6 Å². The molecule has 0 aliphatic rings. The Morgan fingerprint density at radius 2 is 1.14 bits per heavy atom. The minimum absolute atomic E-state index is 0.107. The van der Waals surface area contributed by atoms with Crippen molar-refractivity contribution in [3.8, 4) is 0 Å². The van der Waals surface area contributed by atoms with Crippen LogP contribution in [0, 0.1) is 5.92 Å². The van der Waals surface area contributed by atoms with Gasteiger partial charge in [0.2, 0.25) is 14.2 Å². The molecule has 2 amide bonds. The molecule has 0 spiro atoms. The molecule has 0 radical (unpaired) electrons. The number of hydrogen-bond acceptors (Lipinski definition) is 6. The van der Waals surface area contributed by atoms with Crippen molar-refractivity contribution < 1.29 is 28.0 Å². The zero-order chi connectivity index (χ0) is 34.3. The molecule has 2 atom stereocenters. The first-order valence-corrected chi connectivity index (χ1v) is 20.7. The van der Waals surface area contributed by atoms with Gasteiger partial charge in [-0.3, -0.25) is 4.79 Å². The van der Waals surface area contributed by atoms with Gasteiger partial charge in [0.1, 0.15) is 0 Å². The van der Waals surface area contributed by atoms with Crippen molar-refractivity contribution >= 4 is 34.6 Å². The lowest BCUT2D eigenvalue weighted by atomic mass is 10.0. The number of rotatable bonds is 19. The fourth-order valence-electron chi connectivity index (χ4n) is 6.84. The van der Waals surface area contributed by atoms with Gasteiger partial charge in [-0.2, -0.15) is 0 Å². The number of ether oxygens (including phenoxy) is 1. The van der Waals surface area contributed by atoms with Crippen molar-refractivity contribution in [2.24, 2.45) is 5.92 Å². The normalized spacial score (nSPS) is 14.6. The second-order valence-corrected chi connectivity index (χ2v) is 24.4. The molecule has 0 unspecified atom stereocenters. The maximum atomic E-state index is 13.4. The number of nitrogens with one attached hydrogen (secondary N) is 2.